The standard InChI is InChI=1S/C12H15ClF2N2O2.ClH/c1-7(16)4-5-17-11(18)9-6-8(13)2-3-10(9)19-12(14)15;/h2-3,6-7,12H,4-5,16H2,1H3,(H,17,18);1H. The van der Waals surface area contributed by atoms with Gasteiger partial charge in [0.05, 0.1) is 5.56 Å². The number of benzene rings is 1. The van der Waals surface area contributed by atoms with Crippen LogP contribution in [-0.4, -0.2) is 25.1 Å². The highest BCUT2D eigenvalue weighted by Crippen LogP contribution is 2.24. The van der Waals surface area contributed by atoms with Crippen LogP contribution in [0.2, 0.25) is 5.02 Å². The van der Waals surface area contributed by atoms with E-state index in [1.807, 2.05) is 0 Å². The molecule has 1 atom stereocenters. The Balaban J connectivity index is 0.00000361. The zero-order valence-electron chi connectivity index (χ0n) is 10.7. The number of hydrogen-bond acceptors (Lipinski definition) is 3. The maximum absolute atomic E-state index is 12.2. The molecule has 1 aromatic rings. The lowest BCUT2D eigenvalue weighted by Gasteiger charge is -2.12. The summed E-state index contributed by atoms with van der Waals surface area (Å²) < 4.78 is 28.7. The Bertz CT molecular complexity index is 445. The molecule has 0 saturated carbocycles. The van der Waals surface area contributed by atoms with Crippen LogP contribution in [0.1, 0.15) is 23.7 Å². The van der Waals surface area contributed by atoms with Gasteiger partial charge in [0.25, 0.3) is 5.91 Å². The Morgan fingerprint density at radius 1 is 1.50 bits per heavy atom. The van der Waals surface area contributed by atoms with E-state index in [4.69, 9.17) is 17.3 Å². The normalized spacial score (nSPS) is 11.7. The quantitative estimate of drug-likeness (QED) is 0.843. The van der Waals surface area contributed by atoms with E-state index in [1.54, 1.807) is 6.92 Å². The molecule has 114 valence electrons. The van der Waals surface area contributed by atoms with Crippen LogP contribution in [0.4, 0.5) is 8.78 Å². The third kappa shape index (κ3) is 6.36. The highest BCUT2D eigenvalue weighted by atomic mass is 35.5. The summed E-state index contributed by atoms with van der Waals surface area (Å²) in [6, 6.07) is 3.82. The average molecular weight is 329 g/mol. The first kappa shape index (κ1) is 18.9. The van der Waals surface area contributed by atoms with Gasteiger partial charge in [0, 0.05) is 17.6 Å². The van der Waals surface area contributed by atoms with Gasteiger partial charge < -0.3 is 15.8 Å². The van der Waals surface area contributed by atoms with Gasteiger partial charge in [-0.2, -0.15) is 8.78 Å². The lowest BCUT2D eigenvalue weighted by molar-refractivity contribution is -0.0501. The van der Waals surface area contributed by atoms with Crippen LogP contribution < -0.4 is 15.8 Å². The van der Waals surface area contributed by atoms with Crippen molar-refractivity contribution in [3.63, 3.8) is 0 Å². The molecule has 3 N–H and O–H groups in total. The Hall–Kier alpha value is -1.11. The number of carbonyl (C=O) groups is 1. The minimum Gasteiger partial charge on any atom is -0.434 e. The van der Waals surface area contributed by atoms with E-state index in [0.29, 0.717) is 13.0 Å². The molecule has 1 amide bonds. The van der Waals surface area contributed by atoms with Crippen LogP contribution in [0.5, 0.6) is 5.75 Å². The summed E-state index contributed by atoms with van der Waals surface area (Å²) in [5, 5.41) is 2.83. The van der Waals surface area contributed by atoms with Crippen LogP contribution in [0.15, 0.2) is 18.2 Å². The van der Waals surface area contributed by atoms with Gasteiger partial charge in [0.2, 0.25) is 0 Å². The van der Waals surface area contributed by atoms with Gasteiger partial charge in [-0.3, -0.25) is 4.79 Å². The molecule has 0 aliphatic carbocycles. The number of nitrogens with one attached hydrogen (secondary N) is 1. The lowest BCUT2D eigenvalue weighted by Crippen LogP contribution is -2.29. The summed E-state index contributed by atoms with van der Waals surface area (Å²) in [6.07, 6.45) is 0.581. The second-order valence-electron chi connectivity index (χ2n) is 4.04. The molecule has 4 nitrogen and oxygen atoms in total. The molecule has 0 heterocycles. The first-order chi connectivity index (χ1) is 8.90. The van der Waals surface area contributed by atoms with Crippen molar-refractivity contribution in [2.24, 2.45) is 5.73 Å². The van der Waals surface area contributed by atoms with E-state index in [0.717, 1.165) is 0 Å². The van der Waals surface area contributed by atoms with Crippen molar-refractivity contribution < 1.29 is 18.3 Å². The predicted molar refractivity (Wildman–Crippen MR) is 75.9 cm³/mol. The summed E-state index contributed by atoms with van der Waals surface area (Å²) in [5.74, 6) is -0.739. The first-order valence-corrected chi connectivity index (χ1v) is 6.06. The van der Waals surface area contributed by atoms with Gasteiger partial charge in [0.1, 0.15) is 5.75 Å². The Morgan fingerprint density at radius 2 is 2.15 bits per heavy atom. The number of halogens is 4. The van der Waals surface area contributed by atoms with Crippen molar-refractivity contribution in [2.45, 2.75) is 26.0 Å². The number of carbonyl (C=O) groups excluding carboxylic acids is 1. The van der Waals surface area contributed by atoms with Gasteiger partial charge in [0.15, 0.2) is 0 Å². The third-order valence-electron chi connectivity index (χ3n) is 2.29. The van der Waals surface area contributed by atoms with E-state index in [9.17, 15) is 13.6 Å². The topological polar surface area (TPSA) is 64.3 Å². The molecule has 0 aromatic heterocycles. The molecule has 0 saturated heterocycles. The first-order valence-electron chi connectivity index (χ1n) is 5.68. The van der Waals surface area contributed by atoms with E-state index in [1.165, 1.54) is 18.2 Å². The molecule has 1 unspecified atom stereocenters. The summed E-state index contributed by atoms with van der Waals surface area (Å²) >= 11 is 5.74. The van der Waals surface area contributed by atoms with Crippen molar-refractivity contribution in [2.75, 3.05) is 6.54 Å². The van der Waals surface area contributed by atoms with Gasteiger partial charge >= 0.3 is 6.61 Å². The minimum absolute atomic E-state index is 0. The zero-order chi connectivity index (χ0) is 14.4. The number of amides is 1. The van der Waals surface area contributed by atoms with E-state index >= 15 is 0 Å². The molecule has 0 radical (unpaired) electrons. The Labute approximate surface area is 127 Å². The SMILES string of the molecule is CC(N)CCNC(=O)c1cc(Cl)ccc1OC(F)F.Cl. The third-order valence-corrected chi connectivity index (χ3v) is 2.52. The highest BCUT2D eigenvalue weighted by molar-refractivity contribution is 6.31. The molecule has 1 rings (SSSR count). The van der Waals surface area contributed by atoms with Gasteiger partial charge in [-0.25, -0.2) is 0 Å². The van der Waals surface area contributed by atoms with E-state index < -0.39 is 12.5 Å². The summed E-state index contributed by atoms with van der Waals surface area (Å²) in [4.78, 5) is 11.8. The number of ether oxygens (including phenoxy) is 1. The van der Waals surface area contributed by atoms with Crippen LogP contribution in [0.3, 0.4) is 0 Å². The van der Waals surface area contributed by atoms with Crippen LogP contribution in [0, 0.1) is 0 Å². The van der Waals surface area contributed by atoms with Crippen LogP contribution in [0.25, 0.3) is 0 Å². The van der Waals surface area contributed by atoms with Gasteiger partial charge in [-0.05, 0) is 31.5 Å². The monoisotopic (exact) mass is 328 g/mol. The average Bonchev–Trinajstić information content (AvgIpc) is 2.30. The summed E-state index contributed by atoms with van der Waals surface area (Å²) in [6.45, 7) is -0.856. The maximum atomic E-state index is 12.2. The molecule has 8 heteroatoms. The fraction of sp³-hybridized carbons (Fsp3) is 0.417. The Morgan fingerprint density at radius 3 is 2.70 bits per heavy atom. The smallest absolute Gasteiger partial charge is 0.387 e. The molecule has 0 aliphatic heterocycles. The molecular weight excluding hydrogens is 313 g/mol. The second kappa shape index (κ2) is 8.94. The largest absolute Gasteiger partial charge is 0.434 e. The molecule has 0 aliphatic rings. The van der Waals surface area contributed by atoms with Crippen LogP contribution in [-0.2, 0) is 0 Å². The summed E-state index contributed by atoms with van der Waals surface area (Å²) in [7, 11) is 0. The lowest BCUT2D eigenvalue weighted by atomic mass is 10.2. The van der Waals surface area contributed by atoms with Crippen molar-refractivity contribution in [1.29, 1.82) is 0 Å². The van der Waals surface area contributed by atoms with Gasteiger partial charge in [-0.15, -0.1) is 12.4 Å². The second-order valence-corrected chi connectivity index (χ2v) is 4.48. The van der Waals surface area contributed by atoms with Gasteiger partial charge in [-0.1, -0.05) is 11.6 Å². The van der Waals surface area contributed by atoms with E-state index in [2.05, 4.69) is 10.1 Å². The number of hydrogen-bond donors (Lipinski definition) is 2. The number of nitrogens with two attached hydrogens (primary N) is 1. The van der Waals surface area contributed by atoms with Crippen molar-refractivity contribution >= 4 is 29.9 Å². The molecule has 1 aromatic carbocycles. The van der Waals surface area contributed by atoms with Crippen LogP contribution >= 0.6 is 24.0 Å². The molecular formula is C12H16Cl2F2N2O2. The molecule has 0 fully saturated rings. The molecule has 20 heavy (non-hydrogen) atoms. The fourth-order valence-electron chi connectivity index (χ4n) is 1.39. The predicted octanol–water partition coefficient (Wildman–Crippen LogP) is 2.83. The number of rotatable bonds is 6. The minimum atomic E-state index is -3.00. The van der Waals surface area contributed by atoms with Crippen molar-refractivity contribution in [3.8, 4) is 5.75 Å². The van der Waals surface area contributed by atoms with E-state index in [-0.39, 0.29) is 34.8 Å². The number of alkyl halides is 2. The maximum Gasteiger partial charge on any atom is 0.387 e. The molecule has 0 spiro atoms. The Kier molecular flexibility index (Phi) is 8.45. The fourth-order valence-corrected chi connectivity index (χ4v) is 1.56. The summed E-state index contributed by atoms with van der Waals surface area (Å²) in [5.41, 5.74) is 5.51. The highest BCUT2D eigenvalue weighted by Gasteiger charge is 2.16. The van der Waals surface area contributed by atoms with Crippen molar-refractivity contribution in [1.82, 2.24) is 5.32 Å². The van der Waals surface area contributed by atoms with Crippen molar-refractivity contribution in [3.05, 3.63) is 28.8 Å². The zero-order valence-corrected chi connectivity index (χ0v) is 12.3. The molecule has 0 bridgehead atoms.